The molecule has 5 N–H and O–H groups in total. The monoisotopic (exact) mass is 496 g/mol. The van der Waals surface area contributed by atoms with Crippen molar-refractivity contribution >= 4 is 29.1 Å². The summed E-state index contributed by atoms with van der Waals surface area (Å²) < 4.78 is 31.7. The largest absolute Gasteiger partial charge is 0.490 e. The topological polar surface area (TPSA) is 154 Å². The standard InChI is InChI=1S/C18H18N6O2S.C2HF3O2/c19-13-10-24(9-11-4-1-2-5-12(11)13)18(26)17(25)20-8-15-21-16(23-22-15)14-6-3-7-27-14;3-2(4,5)1(6)7/h1-7,13H,8-10,19H2,(H,20,25)(H,21,22,23);(H,6,7). The van der Waals surface area contributed by atoms with Gasteiger partial charge in [0.2, 0.25) is 0 Å². The van der Waals surface area contributed by atoms with Crippen molar-refractivity contribution in [3.05, 3.63) is 58.7 Å². The summed E-state index contributed by atoms with van der Waals surface area (Å²) in [6, 6.07) is 11.2. The van der Waals surface area contributed by atoms with Crippen LogP contribution in [0.3, 0.4) is 0 Å². The van der Waals surface area contributed by atoms with E-state index in [9.17, 15) is 22.8 Å². The molecule has 1 aromatic carbocycles. The van der Waals surface area contributed by atoms with Crippen LogP contribution in [-0.2, 0) is 27.5 Å². The van der Waals surface area contributed by atoms with Gasteiger partial charge in [-0.3, -0.25) is 14.7 Å². The molecule has 1 unspecified atom stereocenters. The van der Waals surface area contributed by atoms with Crippen LogP contribution in [-0.4, -0.2) is 55.7 Å². The quantitative estimate of drug-likeness (QED) is 0.403. The number of nitrogens with two attached hydrogens (primary N) is 1. The summed E-state index contributed by atoms with van der Waals surface area (Å²) in [4.78, 5) is 40.4. The first-order valence-corrected chi connectivity index (χ1v) is 10.6. The van der Waals surface area contributed by atoms with Gasteiger partial charge in [0.15, 0.2) is 5.82 Å². The highest BCUT2D eigenvalue weighted by Crippen LogP contribution is 2.24. The Kier molecular flexibility index (Phi) is 7.63. The van der Waals surface area contributed by atoms with Crippen molar-refractivity contribution in [1.29, 1.82) is 0 Å². The number of hydrogen-bond acceptors (Lipinski definition) is 7. The normalized spacial score (nSPS) is 15.1. The third kappa shape index (κ3) is 6.17. The molecular formula is C20H19F3N6O4S. The summed E-state index contributed by atoms with van der Waals surface area (Å²) in [5, 5.41) is 18.5. The molecule has 4 rings (SSSR count). The Bertz CT molecular complexity index is 1170. The molecule has 0 fully saturated rings. The number of hydrogen-bond donors (Lipinski definition) is 4. The Morgan fingerprint density at radius 2 is 1.94 bits per heavy atom. The van der Waals surface area contributed by atoms with Crippen LogP contribution in [0.5, 0.6) is 0 Å². The SMILES string of the molecule is NC1CN(C(=O)C(=O)NCc2nc(-c3cccs3)n[nH]2)Cc2ccccc21.O=C(O)C(F)(F)F. The van der Waals surface area contributed by atoms with Gasteiger partial charge in [0.05, 0.1) is 11.4 Å². The molecule has 0 spiro atoms. The molecule has 1 aliphatic rings. The van der Waals surface area contributed by atoms with Crippen LogP contribution in [0.4, 0.5) is 13.2 Å². The van der Waals surface area contributed by atoms with E-state index in [-0.39, 0.29) is 12.6 Å². The number of carboxylic acids is 1. The van der Waals surface area contributed by atoms with Crippen LogP contribution in [0.1, 0.15) is 23.0 Å². The van der Waals surface area contributed by atoms with Gasteiger partial charge in [0.1, 0.15) is 5.82 Å². The molecule has 34 heavy (non-hydrogen) atoms. The molecule has 0 radical (unpaired) electrons. The Hall–Kier alpha value is -3.78. The summed E-state index contributed by atoms with van der Waals surface area (Å²) >= 11 is 1.53. The number of halogens is 3. The van der Waals surface area contributed by atoms with Crippen molar-refractivity contribution in [2.45, 2.75) is 25.3 Å². The molecule has 10 nitrogen and oxygen atoms in total. The fourth-order valence-electron chi connectivity index (χ4n) is 3.07. The lowest BCUT2D eigenvalue weighted by Crippen LogP contribution is -2.47. The van der Waals surface area contributed by atoms with Crippen molar-refractivity contribution in [3.63, 3.8) is 0 Å². The lowest BCUT2D eigenvalue weighted by Gasteiger charge is -2.32. The van der Waals surface area contributed by atoms with E-state index in [0.717, 1.165) is 16.0 Å². The summed E-state index contributed by atoms with van der Waals surface area (Å²) in [5.74, 6) is -2.99. The molecule has 0 bridgehead atoms. The maximum Gasteiger partial charge on any atom is 0.490 e. The number of thiophene rings is 1. The maximum absolute atomic E-state index is 12.5. The number of nitrogens with zero attached hydrogens (tertiary/aromatic N) is 3. The minimum Gasteiger partial charge on any atom is -0.475 e. The molecule has 0 saturated heterocycles. The number of alkyl halides is 3. The van der Waals surface area contributed by atoms with Gasteiger partial charge in [0.25, 0.3) is 0 Å². The van der Waals surface area contributed by atoms with E-state index >= 15 is 0 Å². The molecule has 1 aliphatic heterocycles. The average Bonchev–Trinajstić information content (AvgIpc) is 3.48. The number of H-pyrrole nitrogens is 1. The van der Waals surface area contributed by atoms with Crippen molar-refractivity contribution in [3.8, 4) is 10.7 Å². The van der Waals surface area contributed by atoms with E-state index in [0.29, 0.717) is 24.7 Å². The lowest BCUT2D eigenvalue weighted by atomic mass is 9.96. The minimum atomic E-state index is -5.08. The van der Waals surface area contributed by atoms with Crippen LogP contribution >= 0.6 is 11.3 Å². The second-order valence-corrected chi connectivity index (χ2v) is 8.01. The molecule has 3 heterocycles. The highest BCUT2D eigenvalue weighted by Gasteiger charge is 2.38. The second-order valence-electron chi connectivity index (χ2n) is 7.06. The zero-order chi connectivity index (χ0) is 24.9. The van der Waals surface area contributed by atoms with E-state index in [2.05, 4.69) is 20.5 Å². The van der Waals surface area contributed by atoms with Crippen molar-refractivity contribution in [1.82, 2.24) is 25.4 Å². The fourth-order valence-corrected chi connectivity index (χ4v) is 3.73. The van der Waals surface area contributed by atoms with E-state index in [1.54, 1.807) is 0 Å². The lowest BCUT2D eigenvalue weighted by molar-refractivity contribution is -0.192. The third-order valence-electron chi connectivity index (χ3n) is 4.65. The molecule has 2 aromatic heterocycles. The van der Waals surface area contributed by atoms with Crippen LogP contribution in [0.2, 0.25) is 0 Å². The first-order valence-electron chi connectivity index (χ1n) is 9.72. The Balaban J connectivity index is 0.000000406. The number of carbonyl (C=O) groups excluding carboxylic acids is 2. The number of aliphatic carboxylic acids is 1. The predicted octanol–water partition coefficient (Wildman–Crippen LogP) is 1.82. The van der Waals surface area contributed by atoms with Gasteiger partial charge in [-0.15, -0.1) is 11.3 Å². The average molecular weight is 496 g/mol. The van der Waals surface area contributed by atoms with Crippen LogP contribution < -0.4 is 11.1 Å². The zero-order valence-electron chi connectivity index (χ0n) is 17.4. The van der Waals surface area contributed by atoms with Gasteiger partial charge in [-0.1, -0.05) is 30.3 Å². The minimum absolute atomic E-state index is 0.0967. The summed E-state index contributed by atoms with van der Waals surface area (Å²) in [6.07, 6.45) is -5.08. The zero-order valence-corrected chi connectivity index (χ0v) is 18.2. The molecule has 0 aliphatic carbocycles. The number of carboxylic acid groups (broad SMARTS) is 1. The molecular weight excluding hydrogens is 477 g/mol. The molecule has 180 valence electrons. The summed E-state index contributed by atoms with van der Waals surface area (Å²) in [5.41, 5.74) is 8.13. The van der Waals surface area contributed by atoms with Crippen LogP contribution in [0, 0.1) is 0 Å². The van der Waals surface area contributed by atoms with Gasteiger partial charge in [0, 0.05) is 19.1 Å². The fraction of sp³-hybridized carbons (Fsp3) is 0.250. The number of amides is 2. The van der Waals surface area contributed by atoms with E-state index in [1.807, 2.05) is 41.8 Å². The Morgan fingerprint density at radius 1 is 1.24 bits per heavy atom. The highest BCUT2D eigenvalue weighted by atomic mass is 32.1. The van der Waals surface area contributed by atoms with Gasteiger partial charge < -0.3 is 21.1 Å². The number of benzene rings is 1. The first-order chi connectivity index (χ1) is 16.1. The predicted molar refractivity (Wildman–Crippen MR) is 114 cm³/mol. The highest BCUT2D eigenvalue weighted by molar-refractivity contribution is 7.13. The number of fused-ring (bicyclic) bond motifs is 1. The number of rotatable bonds is 3. The first kappa shape index (κ1) is 24.9. The molecule has 0 saturated carbocycles. The molecule has 1 atom stereocenters. The van der Waals surface area contributed by atoms with Gasteiger partial charge in [-0.2, -0.15) is 18.3 Å². The second kappa shape index (κ2) is 10.4. The maximum atomic E-state index is 12.5. The third-order valence-corrected chi connectivity index (χ3v) is 5.51. The van der Waals surface area contributed by atoms with Crippen molar-refractivity contribution in [2.24, 2.45) is 5.73 Å². The smallest absolute Gasteiger partial charge is 0.475 e. The Labute approximate surface area is 194 Å². The molecule has 14 heteroatoms. The van der Waals surface area contributed by atoms with Gasteiger partial charge >= 0.3 is 24.0 Å². The summed E-state index contributed by atoms with van der Waals surface area (Å²) in [7, 11) is 0. The van der Waals surface area contributed by atoms with Crippen molar-refractivity contribution < 1.29 is 32.7 Å². The van der Waals surface area contributed by atoms with Gasteiger partial charge in [-0.25, -0.2) is 9.78 Å². The number of nitrogens with one attached hydrogen (secondary N) is 2. The number of aromatic nitrogens is 3. The van der Waals surface area contributed by atoms with Crippen LogP contribution in [0.15, 0.2) is 41.8 Å². The summed E-state index contributed by atoms with van der Waals surface area (Å²) in [6.45, 7) is 0.786. The van der Waals surface area contributed by atoms with E-state index in [1.165, 1.54) is 16.2 Å². The van der Waals surface area contributed by atoms with E-state index in [4.69, 9.17) is 15.6 Å². The molecule has 3 aromatic rings. The van der Waals surface area contributed by atoms with Crippen molar-refractivity contribution in [2.75, 3.05) is 6.54 Å². The van der Waals surface area contributed by atoms with E-state index < -0.39 is 24.0 Å². The Morgan fingerprint density at radius 3 is 2.59 bits per heavy atom. The number of carbonyl (C=O) groups is 3. The number of aromatic amines is 1. The van der Waals surface area contributed by atoms with Gasteiger partial charge in [-0.05, 0) is 22.6 Å². The van der Waals surface area contributed by atoms with Crippen LogP contribution in [0.25, 0.3) is 10.7 Å². The molecule has 2 amide bonds.